The van der Waals surface area contributed by atoms with E-state index in [0.717, 1.165) is 18.5 Å². The molecule has 0 aliphatic heterocycles. The molecule has 3 heteroatoms. The fourth-order valence-corrected chi connectivity index (χ4v) is 2.26. The SMILES string of the molecule is CC(C)(CCC(C)(C)c1ccon1)c1ccncc1. The van der Waals surface area contributed by atoms with E-state index in [1.54, 1.807) is 6.26 Å². The van der Waals surface area contributed by atoms with Gasteiger partial charge >= 0.3 is 0 Å². The number of nitrogens with zero attached hydrogens (tertiary/aromatic N) is 2. The molecule has 0 aromatic carbocycles. The van der Waals surface area contributed by atoms with Crippen LogP contribution >= 0.6 is 0 Å². The van der Waals surface area contributed by atoms with Gasteiger partial charge in [-0.3, -0.25) is 4.98 Å². The van der Waals surface area contributed by atoms with Crippen LogP contribution in [-0.2, 0) is 10.8 Å². The smallest absolute Gasteiger partial charge is 0.124 e. The van der Waals surface area contributed by atoms with Crippen molar-refractivity contribution in [2.24, 2.45) is 0 Å². The number of rotatable bonds is 5. The van der Waals surface area contributed by atoms with E-state index in [-0.39, 0.29) is 10.8 Å². The first kappa shape index (κ1) is 13.8. The van der Waals surface area contributed by atoms with Crippen molar-refractivity contribution in [1.29, 1.82) is 0 Å². The van der Waals surface area contributed by atoms with Crippen molar-refractivity contribution >= 4 is 0 Å². The van der Waals surface area contributed by atoms with Gasteiger partial charge in [-0.25, -0.2) is 0 Å². The van der Waals surface area contributed by atoms with Crippen molar-refractivity contribution in [1.82, 2.24) is 10.1 Å². The third-order valence-corrected chi connectivity index (χ3v) is 3.97. The molecule has 2 aromatic rings. The van der Waals surface area contributed by atoms with Crippen LogP contribution in [0.3, 0.4) is 0 Å². The molecule has 0 saturated heterocycles. The summed E-state index contributed by atoms with van der Waals surface area (Å²) in [6.45, 7) is 8.99. The van der Waals surface area contributed by atoms with Crippen LogP contribution in [0.1, 0.15) is 51.8 Å². The third-order valence-electron chi connectivity index (χ3n) is 3.97. The van der Waals surface area contributed by atoms with Crippen LogP contribution in [0.25, 0.3) is 0 Å². The summed E-state index contributed by atoms with van der Waals surface area (Å²) >= 11 is 0. The second-order valence-corrected chi connectivity index (χ2v) is 6.39. The lowest BCUT2D eigenvalue weighted by Gasteiger charge is -2.30. The predicted octanol–water partition coefficient (Wildman–Crippen LogP) is 4.11. The highest BCUT2D eigenvalue weighted by Crippen LogP contribution is 2.35. The maximum absolute atomic E-state index is 4.96. The average molecular weight is 258 g/mol. The minimum absolute atomic E-state index is 0.0390. The van der Waals surface area contributed by atoms with E-state index in [9.17, 15) is 0 Å². The highest BCUT2D eigenvalue weighted by atomic mass is 16.5. The molecule has 2 heterocycles. The Bertz CT molecular complexity index is 501. The summed E-state index contributed by atoms with van der Waals surface area (Å²) in [6, 6.07) is 6.16. The Morgan fingerprint density at radius 2 is 1.58 bits per heavy atom. The van der Waals surface area contributed by atoms with Gasteiger partial charge in [0.1, 0.15) is 6.26 Å². The topological polar surface area (TPSA) is 38.9 Å². The Labute approximate surface area is 115 Å². The summed E-state index contributed by atoms with van der Waals surface area (Å²) in [4.78, 5) is 4.09. The molecule has 0 bridgehead atoms. The Morgan fingerprint density at radius 1 is 0.947 bits per heavy atom. The van der Waals surface area contributed by atoms with Crippen molar-refractivity contribution in [2.75, 3.05) is 0 Å². The second-order valence-electron chi connectivity index (χ2n) is 6.39. The minimum Gasteiger partial charge on any atom is -0.364 e. The van der Waals surface area contributed by atoms with Crippen LogP contribution in [0.5, 0.6) is 0 Å². The molecule has 0 unspecified atom stereocenters. The van der Waals surface area contributed by atoms with E-state index in [2.05, 4.69) is 50.0 Å². The highest BCUT2D eigenvalue weighted by Gasteiger charge is 2.28. The molecule has 0 spiro atoms. The van der Waals surface area contributed by atoms with Gasteiger partial charge < -0.3 is 4.52 Å². The van der Waals surface area contributed by atoms with Crippen molar-refractivity contribution in [3.05, 3.63) is 48.1 Å². The van der Waals surface area contributed by atoms with Crippen LogP contribution in [-0.4, -0.2) is 10.1 Å². The molecule has 19 heavy (non-hydrogen) atoms. The predicted molar refractivity (Wildman–Crippen MR) is 76.0 cm³/mol. The molecule has 0 amide bonds. The minimum atomic E-state index is 0.0390. The molecule has 2 aromatic heterocycles. The molecular formula is C16H22N2O. The van der Waals surface area contributed by atoms with E-state index in [0.29, 0.717) is 0 Å². The van der Waals surface area contributed by atoms with Crippen LogP contribution in [0.15, 0.2) is 41.4 Å². The zero-order valence-electron chi connectivity index (χ0n) is 12.2. The normalized spacial score (nSPS) is 12.6. The summed E-state index contributed by atoms with van der Waals surface area (Å²) in [5.41, 5.74) is 2.54. The Kier molecular flexibility index (Phi) is 3.74. The number of pyridine rings is 1. The summed E-state index contributed by atoms with van der Waals surface area (Å²) in [7, 11) is 0. The molecular weight excluding hydrogens is 236 g/mol. The summed E-state index contributed by atoms with van der Waals surface area (Å²) in [6.07, 6.45) is 7.52. The zero-order chi connectivity index (χ0) is 13.9. The first-order valence-electron chi connectivity index (χ1n) is 6.73. The first-order valence-corrected chi connectivity index (χ1v) is 6.73. The van der Waals surface area contributed by atoms with Gasteiger partial charge in [-0.15, -0.1) is 0 Å². The van der Waals surface area contributed by atoms with Gasteiger partial charge in [0.25, 0.3) is 0 Å². The highest BCUT2D eigenvalue weighted by molar-refractivity contribution is 5.21. The molecule has 0 fully saturated rings. The average Bonchev–Trinajstić information content (AvgIpc) is 2.93. The number of aromatic nitrogens is 2. The monoisotopic (exact) mass is 258 g/mol. The van der Waals surface area contributed by atoms with Gasteiger partial charge in [0, 0.05) is 23.9 Å². The van der Waals surface area contributed by atoms with Crippen LogP contribution < -0.4 is 0 Å². The standard InChI is InChI=1S/C16H22N2O/c1-15(2,13-5-10-17-11-6-13)8-9-16(3,4)14-7-12-19-18-14/h5-7,10-12H,8-9H2,1-4H3. The van der Waals surface area contributed by atoms with Crippen LogP contribution in [0.2, 0.25) is 0 Å². The largest absolute Gasteiger partial charge is 0.364 e. The molecule has 3 nitrogen and oxygen atoms in total. The maximum Gasteiger partial charge on any atom is 0.124 e. The molecule has 0 radical (unpaired) electrons. The Morgan fingerprint density at radius 3 is 2.16 bits per heavy atom. The van der Waals surface area contributed by atoms with Gasteiger partial charge in [0.2, 0.25) is 0 Å². The fraction of sp³-hybridized carbons (Fsp3) is 0.500. The van der Waals surface area contributed by atoms with E-state index in [4.69, 9.17) is 4.52 Å². The lowest BCUT2D eigenvalue weighted by Crippen LogP contribution is -2.24. The first-order chi connectivity index (χ1) is 8.92. The Balaban J connectivity index is 2.06. The summed E-state index contributed by atoms with van der Waals surface area (Å²) in [5.74, 6) is 0. The zero-order valence-corrected chi connectivity index (χ0v) is 12.2. The third kappa shape index (κ3) is 3.22. The van der Waals surface area contributed by atoms with Gasteiger partial charge in [-0.1, -0.05) is 32.9 Å². The van der Waals surface area contributed by atoms with Crippen molar-refractivity contribution in [3.8, 4) is 0 Å². The van der Waals surface area contributed by atoms with Crippen LogP contribution in [0, 0.1) is 0 Å². The van der Waals surface area contributed by atoms with E-state index in [1.807, 2.05) is 18.5 Å². The maximum atomic E-state index is 4.96. The second kappa shape index (κ2) is 5.16. The van der Waals surface area contributed by atoms with Crippen molar-refractivity contribution in [2.45, 2.75) is 51.4 Å². The van der Waals surface area contributed by atoms with Gasteiger partial charge in [0.15, 0.2) is 0 Å². The van der Waals surface area contributed by atoms with E-state index in [1.165, 1.54) is 5.56 Å². The molecule has 0 aliphatic carbocycles. The Hall–Kier alpha value is -1.64. The lowest BCUT2D eigenvalue weighted by atomic mass is 9.74. The van der Waals surface area contributed by atoms with Gasteiger partial charge in [-0.05, 0) is 36.0 Å². The summed E-state index contributed by atoms with van der Waals surface area (Å²) in [5, 5.41) is 4.08. The van der Waals surface area contributed by atoms with Crippen molar-refractivity contribution < 1.29 is 4.52 Å². The molecule has 0 N–H and O–H groups in total. The van der Waals surface area contributed by atoms with Crippen LogP contribution in [0.4, 0.5) is 0 Å². The molecule has 0 saturated carbocycles. The van der Waals surface area contributed by atoms with Crippen molar-refractivity contribution in [3.63, 3.8) is 0 Å². The van der Waals surface area contributed by atoms with Gasteiger partial charge in [0.05, 0.1) is 5.69 Å². The van der Waals surface area contributed by atoms with E-state index < -0.39 is 0 Å². The van der Waals surface area contributed by atoms with Gasteiger partial charge in [-0.2, -0.15) is 0 Å². The molecule has 0 atom stereocenters. The van der Waals surface area contributed by atoms with E-state index >= 15 is 0 Å². The number of hydrogen-bond acceptors (Lipinski definition) is 3. The molecule has 0 aliphatic rings. The quantitative estimate of drug-likeness (QED) is 0.810. The number of hydrogen-bond donors (Lipinski definition) is 0. The molecule has 2 rings (SSSR count). The summed E-state index contributed by atoms with van der Waals surface area (Å²) < 4.78 is 4.96. The fourth-order valence-electron chi connectivity index (χ4n) is 2.26. The molecule has 102 valence electrons. The lowest BCUT2D eigenvalue weighted by molar-refractivity contribution is 0.342.